The molecule has 0 bridgehead atoms. The number of hydrogen-bond acceptors (Lipinski definition) is 3. The minimum atomic E-state index is -0.687. The van der Waals surface area contributed by atoms with Gasteiger partial charge in [-0.2, -0.15) is 0 Å². The molecule has 1 N–H and O–H groups in total. The van der Waals surface area contributed by atoms with E-state index in [9.17, 15) is 9.50 Å². The zero-order valence-corrected chi connectivity index (χ0v) is 12.2. The number of hydrogen-bond donors (Lipinski definition) is 1. The van der Waals surface area contributed by atoms with Crippen molar-refractivity contribution in [2.24, 2.45) is 0 Å². The summed E-state index contributed by atoms with van der Waals surface area (Å²) < 4.78 is 23.8. The van der Waals surface area contributed by atoms with E-state index in [2.05, 4.69) is 0 Å². The van der Waals surface area contributed by atoms with Crippen molar-refractivity contribution in [2.75, 3.05) is 13.7 Å². The van der Waals surface area contributed by atoms with Crippen LogP contribution in [0.15, 0.2) is 42.5 Å². The molecule has 4 heteroatoms. The first-order valence-electron chi connectivity index (χ1n) is 6.87. The van der Waals surface area contributed by atoms with Crippen LogP contribution >= 0.6 is 0 Å². The number of rotatable bonds is 6. The molecular weight excluding hydrogens is 271 g/mol. The summed E-state index contributed by atoms with van der Waals surface area (Å²) in [4.78, 5) is 0. The van der Waals surface area contributed by atoms with Crippen LogP contribution in [0.2, 0.25) is 0 Å². The molecule has 21 heavy (non-hydrogen) atoms. The molecule has 0 aliphatic rings. The normalized spacial score (nSPS) is 12.0. The molecule has 0 radical (unpaired) electrons. The molecule has 112 valence electrons. The van der Waals surface area contributed by atoms with Crippen LogP contribution < -0.4 is 9.47 Å². The zero-order valence-electron chi connectivity index (χ0n) is 12.2. The van der Waals surface area contributed by atoms with Gasteiger partial charge < -0.3 is 14.6 Å². The first-order chi connectivity index (χ1) is 10.1. The number of ether oxygens (including phenoxy) is 2. The van der Waals surface area contributed by atoms with Gasteiger partial charge in [0.2, 0.25) is 0 Å². The van der Waals surface area contributed by atoms with Crippen molar-refractivity contribution in [3.63, 3.8) is 0 Å². The van der Waals surface area contributed by atoms with Gasteiger partial charge in [0.05, 0.1) is 19.8 Å². The van der Waals surface area contributed by atoms with Gasteiger partial charge in [0.1, 0.15) is 5.75 Å². The Morgan fingerprint density at radius 2 is 1.86 bits per heavy atom. The Balaban J connectivity index is 2.06. The van der Waals surface area contributed by atoms with E-state index in [4.69, 9.17) is 9.47 Å². The summed E-state index contributed by atoms with van der Waals surface area (Å²) in [5, 5.41) is 10.2. The van der Waals surface area contributed by atoms with E-state index in [1.54, 1.807) is 12.1 Å². The number of halogens is 1. The largest absolute Gasteiger partial charge is 0.494 e. The molecule has 3 nitrogen and oxygen atoms in total. The van der Waals surface area contributed by atoms with Crippen LogP contribution in [-0.4, -0.2) is 18.8 Å². The van der Waals surface area contributed by atoms with Gasteiger partial charge in [-0.05, 0) is 42.3 Å². The van der Waals surface area contributed by atoms with E-state index in [-0.39, 0.29) is 5.75 Å². The third-order valence-electron chi connectivity index (χ3n) is 3.22. The Morgan fingerprint density at radius 3 is 2.43 bits per heavy atom. The predicted octanol–water partition coefficient (Wildman–Crippen LogP) is 3.51. The fourth-order valence-electron chi connectivity index (χ4n) is 2.13. The standard InChI is InChI=1S/C17H19FO3/c1-3-21-14-7-5-13(6-8-14)16(19)11-12-4-9-17(20-2)15(18)10-12/h4-10,16,19H,3,11H2,1-2H3. The second-order valence-electron chi connectivity index (χ2n) is 4.69. The molecule has 0 aromatic heterocycles. The van der Waals surface area contributed by atoms with Gasteiger partial charge in [-0.1, -0.05) is 18.2 Å². The van der Waals surface area contributed by atoms with E-state index >= 15 is 0 Å². The summed E-state index contributed by atoms with van der Waals surface area (Å²) in [6.45, 7) is 2.52. The molecule has 1 unspecified atom stereocenters. The first-order valence-corrected chi connectivity index (χ1v) is 6.87. The molecule has 0 amide bonds. The number of aliphatic hydroxyl groups excluding tert-OH is 1. The molecule has 1 atom stereocenters. The Bertz CT molecular complexity index is 581. The topological polar surface area (TPSA) is 38.7 Å². The smallest absolute Gasteiger partial charge is 0.165 e. The molecule has 0 saturated heterocycles. The monoisotopic (exact) mass is 290 g/mol. The fourth-order valence-corrected chi connectivity index (χ4v) is 2.13. The van der Waals surface area contributed by atoms with Gasteiger partial charge in [-0.15, -0.1) is 0 Å². The van der Waals surface area contributed by atoms with Crippen molar-refractivity contribution in [3.8, 4) is 11.5 Å². The number of methoxy groups -OCH3 is 1. The molecule has 0 aliphatic heterocycles. The summed E-state index contributed by atoms with van der Waals surface area (Å²) >= 11 is 0. The first kappa shape index (κ1) is 15.3. The zero-order chi connectivity index (χ0) is 15.2. The SMILES string of the molecule is CCOc1ccc(C(O)Cc2ccc(OC)c(F)c2)cc1. The van der Waals surface area contributed by atoms with Crippen molar-refractivity contribution in [2.45, 2.75) is 19.4 Å². The summed E-state index contributed by atoms with van der Waals surface area (Å²) in [5.74, 6) is 0.548. The Labute approximate surface area is 124 Å². The summed E-state index contributed by atoms with van der Waals surface area (Å²) in [5.41, 5.74) is 1.49. The van der Waals surface area contributed by atoms with Crippen molar-refractivity contribution < 1.29 is 19.0 Å². The third-order valence-corrected chi connectivity index (χ3v) is 3.22. The van der Waals surface area contributed by atoms with Crippen molar-refractivity contribution in [1.82, 2.24) is 0 Å². The second kappa shape index (κ2) is 7.09. The Morgan fingerprint density at radius 1 is 1.14 bits per heavy atom. The molecular formula is C17H19FO3. The molecule has 0 heterocycles. The van der Waals surface area contributed by atoms with Crippen LogP contribution in [0.1, 0.15) is 24.2 Å². The number of aliphatic hydroxyl groups is 1. The van der Waals surface area contributed by atoms with Gasteiger partial charge in [0, 0.05) is 6.42 Å². The molecule has 0 fully saturated rings. The van der Waals surface area contributed by atoms with Crippen LogP contribution in [-0.2, 0) is 6.42 Å². The lowest BCUT2D eigenvalue weighted by molar-refractivity contribution is 0.178. The lowest BCUT2D eigenvalue weighted by Crippen LogP contribution is -2.03. The van der Waals surface area contributed by atoms with E-state index in [0.29, 0.717) is 13.0 Å². The van der Waals surface area contributed by atoms with E-state index < -0.39 is 11.9 Å². The highest BCUT2D eigenvalue weighted by Gasteiger charge is 2.11. The van der Waals surface area contributed by atoms with Crippen molar-refractivity contribution in [1.29, 1.82) is 0 Å². The average Bonchev–Trinajstić information content (AvgIpc) is 2.48. The lowest BCUT2D eigenvalue weighted by atomic mass is 10.0. The van der Waals surface area contributed by atoms with E-state index in [1.165, 1.54) is 13.2 Å². The van der Waals surface area contributed by atoms with Gasteiger partial charge in [-0.25, -0.2) is 4.39 Å². The maximum atomic E-state index is 13.6. The summed E-state index contributed by atoms with van der Waals surface area (Å²) in [6.07, 6.45) is -0.344. The van der Waals surface area contributed by atoms with Gasteiger partial charge in [0.15, 0.2) is 11.6 Å². The van der Waals surface area contributed by atoms with Crippen LogP contribution in [0.25, 0.3) is 0 Å². The van der Waals surface area contributed by atoms with Gasteiger partial charge in [0.25, 0.3) is 0 Å². The lowest BCUT2D eigenvalue weighted by Gasteiger charge is -2.13. The highest BCUT2D eigenvalue weighted by molar-refractivity contribution is 5.32. The molecule has 2 aromatic carbocycles. The molecule has 0 spiro atoms. The molecule has 2 aromatic rings. The third kappa shape index (κ3) is 3.95. The van der Waals surface area contributed by atoms with Crippen LogP contribution in [0, 0.1) is 5.82 Å². The predicted molar refractivity (Wildman–Crippen MR) is 79.2 cm³/mol. The molecule has 0 saturated carbocycles. The van der Waals surface area contributed by atoms with E-state index in [0.717, 1.165) is 16.9 Å². The Hall–Kier alpha value is -2.07. The van der Waals surface area contributed by atoms with Gasteiger partial charge in [-0.3, -0.25) is 0 Å². The molecule has 0 aliphatic carbocycles. The van der Waals surface area contributed by atoms with Crippen LogP contribution in [0.5, 0.6) is 11.5 Å². The summed E-state index contributed by atoms with van der Waals surface area (Å²) in [7, 11) is 1.42. The number of benzene rings is 2. The van der Waals surface area contributed by atoms with Crippen molar-refractivity contribution in [3.05, 3.63) is 59.4 Å². The van der Waals surface area contributed by atoms with Crippen molar-refractivity contribution >= 4 is 0 Å². The fraction of sp³-hybridized carbons (Fsp3) is 0.294. The highest BCUT2D eigenvalue weighted by Crippen LogP contribution is 2.24. The van der Waals surface area contributed by atoms with E-state index in [1.807, 2.05) is 31.2 Å². The van der Waals surface area contributed by atoms with Gasteiger partial charge >= 0.3 is 0 Å². The summed E-state index contributed by atoms with van der Waals surface area (Å²) in [6, 6.07) is 12.0. The maximum Gasteiger partial charge on any atom is 0.165 e. The Kier molecular flexibility index (Phi) is 5.17. The minimum Gasteiger partial charge on any atom is -0.494 e. The van der Waals surface area contributed by atoms with Crippen LogP contribution in [0.4, 0.5) is 4.39 Å². The highest BCUT2D eigenvalue weighted by atomic mass is 19.1. The second-order valence-corrected chi connectivity index (χ2v) is 4.69. The molecule has 2 rings (SSSR count). The average molecular weight is 290 g/mol. The quantitative estimate of drug-likeness (QED) is 0.885. The minimum absolute atomic E-state index is 0.203. The maximum absolute atomic E-state index is 13.6. The van der Waals surface area contributed by atoms with Crippen LogP contribution in [0.3, 0.4) is 0 Å².